The van der Waals surface area contributed by atoms with Crippen LogP contribution in [0, 0.1) is 0 Å². The Balaban J connectivity index is 1.74. The summed E-state index contributed by atoms with van der Waals surface area (Å²) < 4.78 is 26.1. The van der Waals surface area contributed by atoms with Crippen LogP contribution in [0.5, 0.6) is 0 Å². The lowest BCUT2D eigenvalue weighted by Crippen LogP contribution is -2.31. The monoisotopic (exact) mass is 405 g/mol. The second-order valence-electron chi connectivity index (χ2n) is 6.84. The SMILES string of the molecule is CCN(Cc1ccccc1)C(=O)c1ccc2c(c1)S(=O)(=O)c1ccccc1C2=O. The number of fused-ring (bicyclic) bond motifs is 2. The fraction of sp³-hybridized carbons (Fsp3) is 0.130. The van der Waals surface area contributed by atoms with Crippen molar-refractivity contribution in [2.75, 3.05) is 6.54 Å². The minimum absolute atomic E-state index is 0.0151. The summed E-state index contributed by atoms with van der Waals surface area (Å²) in [5.74, 6) is -0.623. The third kappa shape index (κ3) is 3.25. The number of carbonyl (C=O) groups is 2. The highest BCUT2D eigenvalue weighted by molar-refractivity contribution is 7.91. The molecule has 1 aliphatic rings. The standard InChI is InChI=1S/C23H19NO4S/c1-2-24(15-16-8-4-3-5-9-16)23(26)17-12-13-19-21(14-17)29(27,28)20-11-7-6-10-18(20)22(19)25/h3-14H,2,15H2,1H3. The second kappa shape index (κ2) is 7.29. The lowest BCUT2D eigenvalue weighted by atomic mass is 10.0. The van der Waals surface area contributed by atoms with Gasteiger partial charge in [0.25, 0.3) is 5.91 Å². The third-order valence-electron chi connectivity index (χ3n) is 5.07. The zero-order valence-electron chi connectivity index (χ0n) is 15.8. The van der Waals surface area contributed by atoms with E-state index < -0.39 is 9.84 Å². The van der Waals surface area contributed by atoms with E-state index >= 15 is 0 Å². The normalized spacial score (nSPS) is 14.0. The number of hydrogen-bond donors (Lipinski definition) is 0. The summed E-state index contributed by atoms with van der Waals surface area (Å²) in [4.78, 5) is 27.3. The topological polar surface area (TPSA) is 71.5 Å². The Kier molecular flexibility index (Phi) is 4.80. The van der Waals surface area contributed by atoms with E-state index in [4.69, 9.17) is 0 Å². The van der Waals surface area contributed by atoms with Crippen molar-refractivity contribution >= 4 is 21.5 Å². The van der Waals surface area contributed by atoms with Gasteiger partial charge in [-0.15, -0.1) is 0 Å². The fourth-order valence-electron chi connectivity index (χ4n) is 3.53. The summed E-state index contributed by atoms with van der Waals surface area (Å²) >= 11 is 0. The molecule has 0 aliphatic carbocycles. The van der Waals surface area contributed by atoms with Gasteiger partial charge in [0.2, 0.25) is 9.84 Å². The smallest absolute Gasteiger partial charge is 0.254 e. The Hall–Kier alpha value is -3.25. The molecule has 0 bridgehead atoms. The van der Waals surface area contributed by atoms with Crippen LogP contribution in [0.25, 0.3) is 0 Å². The minimum atomic E-state index is -3.87. The summed E-state index contributed by atoms with van der Waals surface area (Å²) in [5, 5.41) is 0. The van der Waals surface area contributed by atoms with Gasteiger partial charge in [-0.05, 0) is 42.8 Å². The van der Waals surface area contributed by atoms with Crippen molar-refractivity contribution < 1.29 is 18.0 Å². The molecule has 5 nitrogen and oxygen atoms in total. The Morgan fingerprint density at radius 1 is 0.862 bits per heavy atom. The summed E-state index contributed by atoms with van der Waals surface area (Å²) in [6, 6.07) is 20.0. The van der Waals surface area contributed by atoms with E-state index in [0.29, 0.717) is 13.1 Å². The minimum Gasteiger partial charge on any atom is -0.335 e. The molecule has 1 heterocycles. The first-order chi connectivity index (χ1) is 13.9. The van der Waals surface area contributed by atoms with Crippen molar-refractivity contribution in [1.82, 2.24) is 4.90 Å². The average molecular weight is 405 g/mol. The van der Waals surface area contributed by atoms with Gasteiger partial charge in [-0.25, -0.2) is 8.42 Å². The average Bonchev–Trinajstić information content (AvgIpc) is 2.76. The molecular weight excluding hydrogens is 386 g/mol. The van der Waals surface area contributed by atoms with Crippen molar-refractivity contribution in [2.24, 2.45) is 0 Å². The van der Waals surface area contributed by atoms with Gasteiger partial charge in [-0.1, -0.05) is 42.5 Å². The van der Waals surface area contributed by atoms with Crippen molar-refractivity contribution in [2.45, 2.75) is 23.3 Å². The molecule has 1 aliphatic heterocycles. The maximum atomic E-state index is 13.1. The number of amides is 1. The van der Waals surface area contributed by atoms with Gasteiger partial charge in [-0.3, -0.25) is 9.59 Å². The molecule has 6 heteroatoms. The van der Waals surface area contributed by atoms with E-state index in [9.17, 15) is 18.0 Å². The molecule has 3 aromatic rings. The van der Waals surface area contributed by atoms with Gasteiger partial charge >= 0.3 is 0 Å². The molecule has 0 unspecified atom stereocenters. The molecule has 0 spiro atoms. The summed E-state index contributed by atoms with van der Waals surface area (Å²) in [5.41, 5.74) is 1.50. The van der Waals surface area contributed by atoms with E-state index in [1.54, 1.807) is 17.0 Å². The van der Waals surface area contributed by atoms with Crippen LogP contribution in [0.3, 0.4) is 0 Å². The summed E-state index contributed by atoms with van der Waals surface area (Å²) in [6.45, 7) is 2.76. The predicted molar refractivity (Wildman–Crippen MR) is 109 cm³/mol. The summed E-state index contributed by atoms with van der Waals surface area (Å²) in [6.07, 6.45) is 0. The number of ketones is 1. The van der Waals surface area contributed by atoms with E-state index in [-0.39, 0.29) is 38.2 Å². The van der Waals surface area contributed by atoms with Gasteiger partial charge in [0, 0.05) is 29.8 Å². The highest BCUT2D eigenvalue weighted by Crippen LogP contribution is 2.35. The van der Waals surface area contributed by atoms with Gasteiger partial charge in [0.05, 0.1) is 9.79 Å². The van der Waals surface area contributed by atoms with Crippen LogP contribution in [0.1, 0.15) is 38.8 Å². The van der Waals surface area contributed by atoms with Crippen LogP contribution >= 0.6 is 0 Å². The number of benzene rings is 3. The number of hydrogen-bond acceptors (Lipinski definition) is 4. The Bertz CT molecular complexity index is 1220. The molecule has 0 atom stereocenters. The van der Waals surface area contributed by atoms with Gasteiger partial charge < -0.3 is 4.90 Å². The van der Waals surface area contributed by atoms with Crippen LogP contribution in [-0.4, -0.2) is 31.6 Å². The Labute approximate surface area is 169 Å². The molecular formula is C23H19NO4S. The molecule has 29 heavy (non-hydrogen) atoms. The molecule has 0 saturated carbocycles. The second-order valence-corrected chi connectivity index (χ2v) is 8.73. The number of rotatable bonds is 4. The van der Waals surface area contributed by atoms with E-state index in [1.807, 2.05) is 37.3 Å². The molecule has 0 radical (unpaired) electrons. The molecule has 4 rings (SSSR count). The molecule has 0 N–H and O–H groups in total. The van der Waals surface area contributed by atoms with Crippen molar-refractivity contribution in [1.29, 1.82) is 0 Å². The molecule has 0 aromatic heterocycles. The first-order valence-corrected chi connectivity index (χ1v) is 10.8. The fourth-order valence-corrected chi connectivity index (χ4v) is 5.21. The molecule has 0 saturated heterocycles. The zero-order chi connectivity index (χ0) is 20.6. The first kappa shape index (κ1) is 19.1. The summed E-state index contributed by atoms with van der Waals surface area (Å²) in [7, 11) is -3.87. The predicted octanol–water partition coefficient (Wildman–Crippen LogP) is 3.73. The quantitative estimate of drug-likeness (QED) is 0.519. The van der Waals surface area contributed by atoms with Crippen LogP contribution < -0.4 is 0 Å². The molecule has 1 amide bonds. The maximum absolute atomic E-state index is 13.1. The molecule has 146 valence electrons. The van der Waals surface area contributed by atoms with Crippen LogP contribution in [0.4, 0.5) is 0 Å². The highest BCUT2D eigenvalue weighted by Gasteiger charge is 2.35. The van der Waals surface area contributed by atoms with E-state index in [1.165, 1.54) is 30.3 Å². The zero-order valence-corrected chi connectivity index (χ0v) is 16.6. The Morgan fingerprint density at radius 2 is 1.52 bits per heavy atom. The highest BCUT2D eigenvalue weighted by atomic mass is 32.2. The van der Waals surface area contributed by atoms with Gasteiger partial charge in [0.1, 0.15) is 0 Å². The number of sulfone groups is 1. The Morgan fingerprint density at radius 3 is 2.24 bits per heavy atom. The van der Waals surface area contributed by atoms with Crippen LogP contribution in [0.15, 0.2) is 82.6 Å². The lowest BCUT2D eigenvalue weighted by Gasteiger charge is -2.23. The third-order valence-corrected chi connectivity index (χ3v) is 6.92. The largest absolute Gasteiger partial charge is 0.335 e. The maximum Gasteiger partial charge on any atom is 0.254 e. The molecule has 0 fully saturated rings. The van der Waals surface area contributed by atoms with Crippen molar-refractivity contribution in [3.63, 3.8) is 0 Å². The first-order valence-electron chi connectivity index (χ1n) is 9.29. The van der Waals surface area contributed by atoms with E-state index in [0.717, 1.165) is 5.56 Å². The van der Waals surface area contributed by atoms with Crippen molar-refractivity contribution in [3.05, 3.63) is 95.1 Å². The van der Waals surface area contributed by atoms with Gasteiger partial charge in [0.15, 0.2) is 5.78 Å². The van der Waals surface area contributed by atoms with Gasteiger partial charge in [-0.2, -0.15) is 0 Å². The van der Waals surface area contributed by atoms with Crippen molar-refractivity contribution in [3.8, 4) is 0 Å². The number of carbonyl (C=O) groups excluding carboxylic acids is 2. The van der Waals surface area contributed by atoms with Crippen LogP contribution in [0.2, 0.25) is 0 Å². The lowest BCUT2D eigenvalue weighted by molar-refractivity contribution is 0.0752. The van der Waals surface area contributed by atoms with Crippen LogP contribution in [-0.2, 0) is 16.4 Å². The number of nitrogens with zero attached hydrogens (tertiary/aromatic N) is 1. The van der Waals surface area contributed by atoms with E-state index in [2.05, 4.69) is 0 Å². The molecule has 3 aromatic carbocycles.